The Hall–Kier alpha value is -1.88. The van der Waals surface area contributed by atoms with Gasteiger partial charge >= 0.3 is 0 Å². The van der Waals surface area contributed by atoms with E-state index in [2.05, 4.69) is 10.6 Å². The van der Waals surface area contributed by atoms with Crippen LogP contribution in [-0.4, -0.2) is 18.4 Å². The molecule has 0 aliphatic carbocycles. The molecule has 2 amide bonds. The van der Waals surface area contributed by atoms with Crippen LogP contribution in [0.2, 0.25) is 0 Å². The summed E-state index contributed by atoms with van der Waals surface area (Å²) < 4.78 is 0. The average molecular weight is 263 g/mol. The van der Waals surface area contributed by atoms with E-state index in [9.17, 15) is 9.59 Å². The van der Waals surface area contributed by atoms with Gasteiger partial charge in [0.05, 0.1) is 0 Å². The van der Waals surface area contributed by atoms with E-state index in [1.54, 1.807) is 0 Å². The van der Waals surface area contributed by atoms with Gasteiger partial charge in [0, 0.05) is 31.1 Å². The molecule has 5 nitrogen and oxygen atoms in total. The number of rotatable bonds is 6. The van der Waals surface area contributed by atoms with Crippen LogP contribution in [0.15, 0.2) is 24.3 Å². The number of amides is 2. The minimum absolute atomic E-state index is 0.0102. The van der Waals surface area contributed by atoms with Gasteiger partial charge in [-0.3, -0.25) is 9.59 Å². The molecule has 0 unspecified atom stereocenters. The molecule has 0 aliphatic heterocycles. The fourth-order valence-electron chi connectivity index (χ4n) is 1.41. The lowest BCUT2D eigenvalue weighted by Gasteiger charge is -2.09. The summed E-state index contributed by atoms with van der Waals surface area (Å²) in [6.45, 7) is 4.51. The van der Waals surface area contributed by atoms with Gasteiger partial charge in [0.1, 0.15) is 0 Å². The lowest BCUT2D eigenvalue weighted by atomic mass is 10.1. The zero-order chi connectivity index (χ0) is 14.3. The molecule has 0 fully saturated rings. The van der Waals surface area contributed by atoms with Crippen LogP contribution < -0.4 is 16.4 Å². The first-order valence-electron chi connectivity index (χ1n) is 6.39. The van der Waals surface area contributed by atoms with Gasteiger partial charge in [-0.15, -0.1) is 0 Å². The molecule has 0 radical (unpaired) electrons. The number of anilines is 1. The van der Waals surface area contributed by atoms with Crippen molar-refractivity contribution in [1.82, 2.24) is 5.32 Å². The van der Waals surface area contributed by atoms with E-state index in [1.807, 2.05) is 38.1 Å². The molecule has 0 saturated carbocycles. The predicted molar refractivity (Wildman–Crippen MR) is 75.4 cm³/mol. The molecule has 0 heterocycles. The summed E-state index contributed by atoms with van der Waals surface area (Å²) in [5, 5.41) is 5.58. The first kappa shape index (κ1) is 15.2. The molecule has 19 heavy (non-hydrogen) atoms. The van der Waals surface area contributed by atoms with Gasteiger partial charge in [-0.05, 0) is 17.7 Å². The van der Waals surface area contributed by atoms with Gasteiger partial charge in [0.25, 0.3) is 0 Å². The average Bonchev–Trinajstić information content (AvgIpc) is 2.38. The minimum atomic E-state index is -0.0558. The number of hydrogen-bond acceptors (Lipinski definition) is 3. The van der Waals surface area contributed by atoms with Gasteiger partial charge in [0.2, 0.25) is 11.8 Å². The first-order chi connectivity index (χ1) is 9.02. The number of benzene rings is 1. The molecular weight excluding hydrogens is 242 g/mol. The predicted octanol–water partition coefficient (Wildman–Crippen LogP) is 1.25. The van der Waals surface area contributed by atoms with Gasteiger partial charge in [-0.25, -0.2) is 0 Å². The Labute approximate surface area is 113 Å². The quantitative estimate of drug-likeness (QED) is 0.722. The highest BCUT2D eigenvalue weighted by Crippen LogP contribution is 2.10. The van der Waals surface area contributed by atoms with Crippen LogP contribution in [0.3, 0.4) is 0 Å². The van der Waals surface area contributed by atoms with Gasteiger partial charge < -0.3 is 16.4 Å². The summed E-state index contributed by atoms with van der Waals surface area (Å²) in [4.78, 5) is 22.8. The molecule has 1 aromatic rings. The highest BCUT2D eigenvalue weighted by molar-refractivity contribution is 5.92. The Kier molecular flexibility index (Phi) is 6.02. The zero-order valence-electron chi connectivity index (χ0n) is 11.4. The second kappa shape index (κ2) is 7.53. The molecule has 0 aromatic heterocycles. The van der Waals surface area contributed by atoms with E-state index in [4.69, 9.17) is 5.73 Å². The van der Waals surface area contributed by atoms with Crippen molar-refractivity contribution in [3.05, 3.63) is 29.8 Å². The molecule has 4 N–H and O–H groups in total. The second-order valence-electron chi connectivity index (χ2n) is 4.66. The van der Waals surface area contributed by atoms with Crippen molar-refractivity contribution in [2.45, 2.75) is 26.8 Å². The van der Waals surface area contributed by atoms with Crippen LogP contribution in [0.5, 0.6) is 0 Å². The summed E-state index contributed by atoms with van der Waals surface area (Å²) in [5.74, 6) is -0.112. The normalized spacial score (nSPS) is 10.3. The van der Waals surface area contributed by atoms with Crippen molar-refractivity contribution in [2.24, 2.45) is 11.7 Å². The topological polar surface area (TPSA) is 84.2 Å². The Bertz CT molecular complexity index is 427. The van der Waals surface area contributed by atoms with Crippen LogP contribution in [0.25, 0.3) is 0 Å². The maximum absolute atomic E-state index is 11.5. The third kappa shape index (κ3) is 5.52. The molecular formula is C14H21N3O2. The molecule has 1 rings (SSSR count). The third-order valence-corrected chi connectivity index (χ3v) is 2.61. The number of nitrogens with two attached hydrogens (primary N) is 1. The van der Waals surface area contributed by atoms with Crippen molar-refractivity contribution >= 4 is 17.5 Å². The molecule has 0 atom stereocenters. The fraction of sp³-hybridized carbons (Fsp3) is 0.429. The SMILES string of the molecule is CC(C)C(=O)Nc1ccc(CNC(=O)CCN)cc1. The Balaban J connectivity index is 2.47. The van der Waals surface area contributed by atoms with E-state index < -0.39 is 0 Å². The molecule has 0 bridgehead atoms. The standard InChI is InChI=1S/C14H21N3O2/c1-10(2)14(19)17-12-5-3-11(4-6-12)9-16-13(18)7-8-15/h3-6,10H,7-9,15H2,1-2H3,(H,16,18)(H,17,19). The lowest BCUT2D eigenvalue weighted by molar-refractivity contribution is -0.121. The van der Waals surface area contributed by atoms with Gasteiger partial charge in [-0.2, -0.15) is 0 Å². The van der Waals surface area contributed by atoms with Crippen molar-refractivity contribution in [3.8, 4) is 0 Å². The van der Waals surface area contributed by atoms with Crippen molar-refractivity contribution in [2.75, 3.05) is 11.9 Å². The maximum atomic E-state index is 11.5. The summed E-state index contributed by atoms with van der Waals surface area (Å²) in [7, 11) is 0. The lowest BCUT2D eigenvalue weighted by Crippen LogP contribution is -2.25. The number of nitrogens with one attached hydrogen (secondary N) is 2. The van der Waals surface area contributed by atoms with E-state index in [0.717, 1.165) is 11.3 Å². The van der Waals surface area contributed by atoms with Crippen LogP contribution in [-0.2, 0) is 16.1 Å². The van der Waals surface area contributed by atoms with Crippen molar-refractivity contribution < 1.29 is 9.59 Å². The zero-order valence-corrected chi connectivity index (χ0v) is 11.4. The Morgan fingerprint density at radius 3 is 2.37 bits per heavy atom. The summed E-state index contributed by atoms with van der Waals surface area (Å²) in [6, 6.07) is 7.40. The van der Waals surface area contributed by atoms with Gasteiger partial charge in [0.15, 0.2) is 0 Å². The highest BCUT2D eigenvalue weighted by atomic mass is 16.2. The largest absolute Gasteiger partial charge is 0.352 e. The Morgan fingerprint density at radius 2 is 1.84 bits per heavy atom. The first-order valence-corrected chi connectivity index (χ1v) is 6.39. The van der Waals surface area contributed by atoms with E-state index in [1.165, 1.54) is 0 Å². The minimum Gasteiger partial charge on any atom is -0.352 e. The van der Waals surface area contributed by atoms with E-state index in [0.29, 0.717) is 19.5 Å². The van der Waals surface area contributed by atoms with Crippen LogP contribution in [0, 0.1) is 5.92 Å². The monoisotopic (exact) mass is 263 g/mol. The van der Waals surface area contributed by atoms with Crippen molar-refractivity contribution in [3.63, 3.8) is 0 Å². The van der Waals surface area contributed by atoms with E-state index >= 15 is 0 Å². The molecule has 5 heteroatoms. The smallest absolute Gasteiger partial charge is 0.226 e. The highest BCUT2D eigenvalue weighted by Gasteiger charge is 2.06. The van der Waals surface area contributed by atoms with E-state index in [-0.39, 0.29) is 17.7 Å². The molecule has 1 aromatic carbocycles. The molecule has 0 aliphatic rings. The van der Waals surface area contributed by atoms with Crippen molar-refractivity contribution in [1.29, 1.82) is 0 Å². The number of hydrogen-bond donors (Lipinski definition) is 3. The summed E-state index contributed by atoms with van der Waals surface area (Å²) in [6.07, 6.45) is 0.336. The molecule has 104 valence electrons. The Morgan fingerprint density at radius 1 is 1.21 bits per heavy atom. The second-order valence-corrected chi connectivity index (χ2v) is 4.66. The van der Waals surface area contributed by atoms with Crippen LogP contribution in [0.4, 0.5) is 5.69 Å². The number of carbonyl (C=O) groups is 2. The molecule has 0 spiro atoms. The molecule has 0 saturated heterocycles. The third-order valence-electron chi connectivity index (χ3n) is 2.61. The maximum Gasteiger partial charge on any atom is 0.226 e. The summed E-state index contributed by atoms with van der Waals surface area (Å²) in [5.41, 5.74) is 7.03. The number of carbonyl (C=O) groups excluding carboxylic acids is 2. The fourth-order valence-corrected chi connectivity index (χ4v) is 1.41. The van der Waals surface area contributed by atoms with Gasteiger partial charge in [-0.1, -0.05) is 26.0 Å². The van der Waals surface area contributed by atoms with Crippen LogP contribution in [0.1, 0.15) is 25.8 Å². The summed E-state index contributed by atoms with van der Waals surface area (Å²) >= 11 is 0. The van der Waals surface area contributed by atoms with Crippen LogP contribution >= 0.6 is 0 Å².